The van der Waals surface area contributed by atoms with E-state index in [1.165, 1.54) is 12.1 Å². The zero-order chi connectivity index (χ0) is 17.2. The SMILES string of the molecule is COC(=O)c1cc(S(=O)(=O)Nc2ccc(F)c(F)c2)ccc1Br. The molecule has 2 aromatic rings. The molecule has 0 spiro atoms. The second-order valence-electron chi connectivity index (χ2n) is 4.37. The van der Waals surface area contributed by atoms with Gasteiger partial charge in [-0.25, -0.2) is 22.0 Å². The first-order valence-electron chi connectivity index (χ1n) is 6.10. The molecule has 0 radical (unpaired) electrons. The molecule has 5 nitrogen and oxygen atoms in total. The highest BCUT2D eigenvalue weighted by molar-refractivity contribution is 9.10. The fraction of sp³-hybridized carbons (Fsp3) is 0.0714. The van der Waals surface area contributed by atoms with Gasteiger partial charge in [-0.05, 0) is 46.3 Å². The predicted molar refractivity (Wildman–Crippen MR) is 82.6 cm³/mol. The van der Waals surface area contributed by atoms with Crippen LogP contribution in [0.5, 0.6) is 0 Å². The summed E-state index contributed by atoms with van der Waals surface area (Å²) in [5.41, 5.74) is -0.132. The number of methoxy groups -OCH3 is 1. The number of anilines is 1. The van der Waals surface area contributed by atoms with Crippen LogP contribution in [0.3, 0.4) is 0 Å². The topological polar surface area (TPSA) is 72.5 Å². The first-order valence-corrected chi connectivity index (χ1v) is 8.38. The number of sulfonamides is 1. The van der Waals surface area contributed by atoms with Crippen LogP contribution in [0.1, 0.15) is 10.4 Å². The van der Waals surface area contributed by atoms with Crippen molar-refractivity contribution in [3.8, 4) is 0 Å². The van der Waals surface area contributed by atoms with E-state index in [9.17, 15) is 22.0 Å². The fourth-order valence-corrected chi connectivity index (χ4v) is 3.20. The Hall–Kier alpha value is -2.00. The fourth-order valence-electron chi connectivity index (χ4n) is 1.71. The molecule has 0 saturated heterocycles. The van der Waals surface area contributed by atoms with Crippen LogP contribution in [-0.2, 0) is 14.8 Å². The Morgan fingerprint density at radius 3 is 2.43 bits per heavy atom. The molecule has 0 aliphatic carbocycles. The number of ether oxygens (including phenoxy) is 1. The third-order valence-corrected chi connectivity index (χ3v) is 4.90. The van der Waals surface area contributed by atoms with Crippen molar-refractivity contribution >= 4 is 37.6 Å². The number of carbonyl (C=O) groups is 1. The molecular weight excluding hydrogens is 396 g/mol. The minimum absolute atomic E-state index is 0.0145. The van der Waals surface area contributed by atoms with E-state index in [4.69, 9.17) is 0 Å². The lowest BCUT2D eigenvalue weighted by Gasteiger charge is -2.10. The van der Waals surface area contributed by atoms with E-state index in [2.05, 4.69) is 25.4 Å². The number of benzene rings is 2. The van der Waals surface area contributed by atoms with Crippen LogP contribution < -0.4 is 4.72 Å². The highest BCUT2D eigenvalue weighted by Crippen LogP contribution is 2.24. The number of hydrogen-bond acceptors (Lipinski definition) is 4. The van der Waals surface area contributed by atoms with Crippen molar-refractivity contribution in [1.29, 1.82) is 0 Å². The number of esters is 1. The predicted octanol–water partition coefficient (Wildman–Crippen LogP) is 3.31. The van der Waals surface area contributed by atoms with Gasteiger partial charge >= 0.3 is 5.97 Å². The molecule has 1 N–H and O–H groups in total. The van der Waals surface area contributed by atoms with Gasteiger partial charge in [0.05, 0.1) is 23.3 Å². The van der Waals surface area contributed by atoms with Gasteiger partial charge in [0.15, 0.2) is 11.6 Å². The summed E-state index contributed by atoms with van der Waals surface area (Å²) in [5, 5.41) is 0. The first kappa shape index (κ1) is 17.4. The monoisotopic (exact) mass is 405 g/mol. The summed E-state index contributed by atoms with van der Waals surface area (Å²) in [6.07, 6.45) is 0. The molecule has 0 amide bonds. The molecule has 2 rings (SSSR count). The first-order chi connectivity index (χ1) is 10.7. The Labute approximate surface area is 139 Å². The van der Waals surface area contributed by atoms with Gasteiger partial charge in [0, 0.05) is 10.5 Å². The van der Waals surface area contributed by atoms with E-state index in [1.807, 2.05) is 0 Å². The second kappa shape index (κ2) is 6.63. The Morgan fingerprint density at radius 1 is 1.13 bits per heavy atom. The van der Waals surface area contributed by atoms with Crippen LogP contribution in [0.2, 0.25) is 0 Å². The maximum Gasteiger partial charge on any atom is 0.339 e. The molecule has 0 heterocycles. The summed E-state index contributed by atoms with van der Waals surface area (Å²) in [6.45, 7) is 0. The third-order valence-electron chi connectivity index (χ3n) is 2.83. The molecule has 122 valence electrons. The smallest absolute Gasteiger partial charge is 0.339 e. The van der Waals surface area contributed by atoms with E-state index in [-0.39, 0.29) is 16.1 Å². The normalized spacial score (nSPS) is 11.1. The minimum Gasteiger partial charge on any atom is -0.465 e. The van der Waals surface area contributed by atoms with Crippen LogP contribution in [0, 0.1) is 11.6 Å². The van der Waals surface area contributed by atoms with Gasteiger partial charge < -0.3 is 4.74 Å². The number of hydrogen-bond donors (Lipinski definition) is 1. The summed E-state index contributed by atoms with van der Waals surface area (Å²) < 4.78 is 57.6. The Morgan fingerprint density at radius 2 is 1.83 bits per heavy atom. The van der Waals surface area contributed by atoms with Crippen molar-refractivity contribution in [1.82, 2.24) is 0 Å². The quantitative estimate of drug-likeness (QED) is 0.791. The molecule has 0 saturated carbocycles. The van der Waals surface area contributed by atoms with E-state index >= 15 is 0 Å². The Balaban J connectivity index is 2.39. The van der Waals surface area contributed by atoms with E-state index in [0.717, 1.165) is 25.3 Å². The van der Waals surface area contributed by atoms with Gasteiger partial charge in [0.25, 0.3) is 10.0 Å². The van der Waals surface area contributed by atoms with Gasteiger partial charge in [-0.3, -0.25) is 4.72 Å². The van der Waals surface area contributed by atoms with Crippen LogP contribution in [0.15, 0.2) is 45.8 Å². The third kappa shape index (κ3) is 3.85. The average molecular weight is 406 g/mol. The van der Waals surface area contributed by atoms with Crippen LogP contribution in [0.25, 0.3) is 0 Å². The number of carbonyl (C=O) groups excluding carboxylic acids is 1. The highest BCUT2D eigenvalue weighted by Gasteiger charge is 2.19. The lowest BCUT2D eigenvalue weighted by molar-refractivity contribution is 0.0599. The van der Waals surface area contributed by atoms with Gasteiger partial charge in [0.1, 0.15) is 0 Å². The molecule has 0 atom stereocenters. The van der Waals surface area contributed by atoms with Crippen molar-refractivity contribution in [3.05, 3.63) is 58.1 Å². The van der Waals surface area contributed by atoms with Crippen molar-refractivity contribution in [2.75, 3.05) is 11.8 Å². The van der Waals surface area contributed by atoms with Gasteiger partial charge in [-0.15, -0.1) is 0 Å². The number of nitrogens with one attached hydrogen (secondary N) is 1. The number of rotatable bonds is 4. The lowest BCUT2D eigenvalue weighted by Crippen LogP contribution is -2.14. The molecule has 0 bridgehead atoms. The van der Waals surface area contributed by atoms with Crippen LogP contribution >= 0.6 is 15.9 Å². The lowest BCUT2D eigenvalue weighted by atomic mass is 10.2. The molecule has 9 heteroatoms. The van der Waals surface area contributed by atoms with E-state index in [1.54, 1.807) is 0 Å². The zero-order valence-electron chi connectivity index (χ0n) is 11.6. The Kier molecular flexibility index (Phi) is 5.00. The second-order valence-corrected chi connectivity index (χ2v) is 6.90. The van der Waals surface area contributed by atoms with Crippen molar-refractivity contribution in [2.45, 2.75) is 4.90 Å². The molecular formula is C14H10BrF2NO4S. The molecule has 0 fully saturated rings. The molecule has 0 aliphatic rings. The number of halogens is 3. The van der Waals surface area contributed by atoms with Gasteiger partial charge in [-0.2, -0.15) is 0 Å². The summed E-state index contributed by atoms with van der Waals surface area (Å²) in [5.74, 6) is -3.00. The van der Waals surface area contributed by atoms with Crippen molar-refractivity contribution < 1.29 is 26.7 Å². The van der Waals surface area contributed by atoms with E-state index < -0.39 is 27.6 Å². The molecule has 0 aromatic heterocycles. The van der Waals surface area contributed by atoms with Crippen LogP contribution in [-0.4, -0.2) is 21.5 Å². The summed E-state index contributed by atoms with van der Waals surface area (Å²) in [6, 6.07) is 6.32. The summed E-state index contributed by atoms with van der Waals surface area (Å²) >= 11 is 3.12. The minimum atomic E-state index is -4.09. The molecule has 23 heavy (non-hydrogen) atoms. The maximum absolute atomic E-state index is 13.1. The molecule has 0 unspecified atom stereocenters. The van der Waals surface area contributed by atoms with E-state index in [0.29, 0.717) is 10.5 Å². The zero-order valence-corrected chi connectivity index (χ0v) is 14.0. The molecule has 2 aromatic carbocycles. The highest BCUT2D eigenvalue weighted by atomic mass is 79.9. The van der Waals surface area contributed by atoms with Crippen LogP contribution in [0.4, 0.5) is 14.5 Å². The standard InChI is InChI=1S/C14H10BrF2NO4S/c1-22-14(19)10-7-9(3-4-11(10)15)23(20,21)18-8-2-5-12(16)13(17)6-8/h2-7,18H,1H3. The average Bonchev–Trinajstić information content (AvgIpc) is 2.50. The molecule has 0 aliphatic heterocycles. The Bertz CT molecular complexity index is 871. The summed E-state index contributed by atoms with van der Waals surface area (Å²) in [7, 11) is -2.93. The summed E-state index contributed by atoms with van der Waals surface area (Å²) in [4.78, 5) is 11.4. The van der Waals surface area contributed by atoms with Crippen molar-refractivity contribution in [2.24, 2.45) is 0 Å². The largest absolute Gasteiger partial charge is 0.465 e. The van der Waals surface area contributed by atoms with Gasteiger partial charge in [-0.1, -0.05) is 0 Å². The van der Waals surface area contributed by atoms with Crippen molar-refractivity contribution in [3.63, 3.8) is 0 Å². The maximum atomic E-state index is 13.1. The van der Waals surface area contributed by atoms with Gasteiger partial charge in [0.2, 0.25) is 0 Å².